The maximum atomic E-state index is 11.9. The molecule has 3 N–H and O–H groups in total. The van der Waals surface area contributed by atoms with Crippen LogP contribution in [-0.2, 0) is 23.8 Å². The number of rotatable bonds is 12. The van der Waals surface area contributed by atoms with Crippen molar-refractivity contribution in [2.75, 3.05) is 31.8 Å². The number of carbonyl (C=O) groups is 2. The Morgan fingerprint density at radius 1 is 1.25 bits per heavy atom. The van der Waals surface area contributed by atoms with Crippen LogP contribution in [0.2, 0.25) is 0 Å². The average Bonchev–Trinajstić information content (AvgIpc) is 3.01. The second kappa shape index (κ2) is 14.8. The van der Waals surface area contributed by atoms with Crippen molar-refractivity contribution in [1.29, 1.82) is 0 Å². The first-order valence-corrected chi connectivity index (χ1v) is 10.6. The summed E-state index contributed by atoms with van der Waals surface area (Å²) in [6, 6.07) is 4.32. The molecular weight excluding hydrogens is 455 g/mol. The fourth-order valence-electron chi connectivity index (χ4n) is 2.64. The number of hydrogen-bond donors (Lipinski definition) is 3. The number of aliphatic carboxylic acids is 1. The van der Waals surface area contributed by atoms with E-state index in [4.69, 9.17) is 24.1 Å². The van der Waals surface area contributed by atoms with Crippen molar-refractivity contribution >= 4 is 29.8 Å². The van der Waals surface area contributed by atoms with Gasteiger partial charge in [0, 0.05) is 17.6 Å². The number of benzene rings is 1. The second-order valence-electron chi connectivity index (χ2n) is 6.52. The van der Waals surface area contributed by atoms with Gasteiger partial charge in [0.1, 0.15) is 30.7 Å². The molecule has 0 aromatic heterocycles. The van der Waals surface area contributed by atoms with Gasteiger partial charge >= 0.3 is 41.5 Å². The zero-order valence-corrected chi connectivity index (χ0v) is 20.7. The quantitative estimate of drug-likeness (QED) is 0.121. The van der Waals surface area contributed by atoms with Gasteiger partial charge < -0.3 is 39.4 Å². The number of carbonyl (C=O) groups excluding carboxylic acids is 1. The number of hydrogen-bond acceptors (Lipinski definition) is 10. The van der Waals surface area contributed by atoms with Gasteiger partial charge in [0.25, 0.3) is 0 Å². The van der Waals surface area contributed by atoms with E-state index in [-0.39, 0.29) is 60.7 Å². The number of aliphatic hydroxyl groups excluding tert-OH is 2. The van der Waals surface area contributed by atoms with Gasteiger partial charge in [-0.05, 0) is 17.7 Å². The molecule has 2 rings (SSSR count). The van der Waals surface area contributed by atoms with Gasteiger partial charge in [0.2, 0.25) is 0 Å². The molecule has 10 nitrogen and oxygen atoms in total. The molecule has 1 saturated heterocycles. The van der Waals surface area contributed by atoms with Crippen LogP contribution in [0.1, 0.15) is 12.0 Å². The second-order valence-corrected chi connectivity index (χ2v) is 7.75. The van der Waals surface area contributed by atoms with E-state index in [0.29, 0.717) is 17.1 Å². The van der Waals surface area contributed by atoms with E-state index >= 15 is 0 Å². The fraction of sp³-hybridized carbons (Fsp3) is 0.500. The van der Waals surface area contributed by atoms with Crippen LogP contribution >= 0.6 is 11.8 Å². The van der Waals surface area contributed by atoms with Crippen molar-refractivity contribution in [2.24, 2.45) is 0 Å². The number of thioether (sulfide) groups is 1. The molecular formula is C20H25NaO10S. The zero-order valence-electron chi connectivity index (χ0n) is 17.8. The van der Waals surface area contributed by atoms with E-state index in [1.54, 1.807) is 0 Å². The van der Waals surface area contributed by atoms with Crippen LogP contribution in [0.4, 0.5) is 0 Å². The van der Waals surface area contributed by atoms with Crippen LogP contribution < -0.4 is 39.4 Å². The van der Waals surface area contributed by atoms with E-state index in [2.05, 4.69) is 0 Å². The molecule has 12 heteroatoms. The van der Waals surface area contributed by atoms with Crippen LogP contribution in [0.25, 0.3) is 6.08 Å². The molecule has 4 atom stereocenters. The number of carboxylic acid groups (broad SMARTS) is 1. The van der Waals surface area contributed by atoms with Crippen molar-refractivity contribution in [3.63, 3.8) is 0 Å². The van der Waals surface area contributed by atoms with Gasteiger partial charge in [-0.3, -0.25) is 4.79 Å². The number of ether oxygens (including phenoxy) is 4. The number of methoxy groups -OCH3 is 1. The van der Waals surface area contributed by atoms with Crippen LogP contribution in [0.3, 0.4) is 0 Å². The van der Waals surface area contributed by atoms with Crippen molar-refractivity contribution in [3.8, 4) is 11.5 Å². The molecule has 0 bridgehead atoms. The van der Waals surface area contributed by atoms with Crippen LogP contribution in [0, 0.1) is 0 Å². The molecule has 1 aromatic rings. The molecule has 32 heavy (non-hydrogen) atoms. The summed E-state index contributed by atoms with van der Waals surface area (Å²) in [6.45, 7) is -0.100. The number of aliphatic hydroxyl groups is 2. The summed E-state index contributed by atoms with van der Waals surface area (Å²) < 4.78 is 20.8. The summed E-state index contributed by atoms with van der Waals surface area (Å²) in [5.41, 5.74) is 0.565. The summed E-state index contributed by atoms with van der Waals surface area (Å²) in [4.78, 5) is 22.3. The SMILES string of the molecule is COc1cc(/C=C/C(=O)OC[C@@H]2O[C@H](OCCSCCC(=O)O)[C@H](O)[C@H]2O)ccc1[O-].[Na+]. The summed E-state index contributed by atoms with van der Waals surface area (Å²) in [5, 5.41) is 40.1. The first-order valence-electron chi connectivity index (χ1n) is 9.44. The van der Waals surface area contributed by atoms with Gasteiger partial charge in [-0.25, -0.2) is 4.79 Å². The first kappa shape index (κ1) is 28.7. The molecule has 1 aliphatic heterocycles. The van der Waals surface area contributed by atoms with Crippen molar-refractivity contribution in [3.05, 3.63) is 29.8 Å². The maximum Gasteiger partial charge on any atom is 1.00 e. The standard InChI is InChI=1S/C20H26O10S.Na/c1-27-14-10-12(2-4-13(14)21)3-5-17(24)29-11-15-18(25)19(26)20(30-15)28-7-9-31-8-6-16(22)23;/h2-5,10,15,18-21,25-26H,6-9,11H2,1H3,(H,22,23);/q;+1/p-1/b5-3+;/t15-,18-,19+,20-;/m0./s1. The molecule has 0 radical (unpaired) electrons. The third kappa shape index (κ3) is 9.28. The summed E-state index contributed by atoms with van der Waals surface area (Å²) >= 11 is 1.38. The van der Waals surface area contributed by atoms with Gasteiger partial charge in [0.15, 0.2) is 6.29 Å². The predicted octanol–water partition coefficient (Wildman–Crippen LogP) is -3.00. The minimum atomic E-state index is -1.30. The molecule has 172 valence electrons. The summed E-state index contributed by atoms with van der Waals surface area (Å²) in [5.74, 6) is -0.761. The molecule has 1 aliphatic rings. The molecule has 1 fully saturated rings. The van der Waals surface area contributed by atoms with Gasteiger partial charge in [0.05, 0.1) is 20.1 Å². The molecule has 1 heterocycles. The topological polar surface area (TPSA) is 155 Å². The first-order chi connectivity index (χ1) is 14.8. The third-order valence-corrected chi connectivity index (χ3v) is 5.23. The van der Waals surface area contributed by atoms with E-state index in [9.17, 15) is 24.9 Å². The normalized spacial score (nSPS) is 22.5. The largest absolute Gasteiger partial charge is 1.00 e. The third-order valence-electron chi connectivity index (χ3n) is 4.28. The molecule has 0 amide bonds. The monoisotopic (exact) mass is 480 g/mol. The smallest absolute Gasteiger partial charge is 0.870 e. The minimum Gasteiger partial charge on any atom is -0.870 e. The van der Waals surface area contributed by atoms with Crippen molar-refractivity contribution in [1.82, 2.24) is 0 Å². The molecule has 0 aliphatic carbocycles. The average molecular weight is 480 g/mol. The Hall–Kier alpha value is -1.31. The van der Waals surface area contributed by atoms with Gasteiger partial charge in [-0.2, -0.15) is 11.8 Å². The Labute approximate surface area is 211 Å². The summed E-state index contributed by atoms with van der Waals surface area (Å²) in [6.07, 6.45) is -2.00. The van der Waals surface area contributed by atoms with Gasteiger partial charge in [-0.15, -0.1) is 0 Å². The number of carboxylic acids is 1. The van der Waals surface area contributed by atoms with E-state index < -0.39 is 36.5 Å². The Kier molecular flexibility index (Phi) is 13.2. The van der Waals surface area contributed by atoms with Crippen LogP contribution in [-0.4, -0.2) is 83.7 Å². The minimum absolute atomic E-state index is 0. The molecule has 0 unspecified atom stereocenters. The molecule has 1 aromatic carbocycles. The van der Waals surface area contributed by atoms with E-state index in [1.165, 1.54) is 43.1 Å². The zero-order chi connectivity index (χ0) is 22.8. The molecule has 0 spiro atoms. The van der Waals surface area contributed by atoms with Crippen molar-refractivity contribution in [2.45, 2.75) is 31.0 Å². The maximum absolute atomic E-state index is 11.9. The van der Waals surface area contributed by atoms with Gasteiger partial charge in [-0.1, -0.05) is 17.9 Å². The predicted molar refractivity (Wildman–Crippen MR) is 109 cm³/mol. The van der Waals surface area contributed by atoms with E-state index in [0.717, 1.165) is 6.08 Å². The van der Waals surface area contributed by atoms with E-state index in [1.807, 2.05) is 0 Å². The Balaban J connectivity index is 0.00000512. The van der Waals surface area contributed by atoms with Crippen LogP contribution in [0.15, 0.2) is 24.3 Å². The fourth-order valence-corrected chi connectivity index (χ4v) is 3.38. The van der Waals surface area contributed by atoms with Crippen LogP contribution in [0.5, 0.6) is 11.5 Å². The summed E-state index contributed by atoms with van der Waals surface area (Å²) in [7, 11) is 1.37. The Bertz CT molecular complexity index is 775. The molecule has 0 saturated carbocycles. The number of esters is 1. The Morgan fingerprint density at radius 2 is 2.00 bits per heavy atom. The van der Waals surface area contributed by atoms with Crippen molar-refractivity contribution < 1.29 is 78.5 Å². The Morgan fingerprint density at radius 3 is 2.69 bits per heavy atom.